The van der Waals surface area contributed by atoms with E-state index in [2.05, 4.69) is 26.7 Å². The molecule has 1 N–H and O–H groups in total. The second-order valence-corrected chi connectivity index (χ2v) is 8.64. The van der Waals surface area contributed by atoms with Crippen molar-refractivity contribution in [2.24, 2.45) is 0 Å². The summed E-state index contributed by atoms with van der Waals surface area (Å²) >= 11 is 0. The highest BCUT2D eigenvalue weighted by molar-refractivity contribution is 5.86. The maximum Gasteiger partial charge on any atom is 0.333 e. The van der Waals surface area contributed by atoms with Crippen LogP contribution in [0.25, 0.3) is 0 Å². The zero-order valence-electron chi connectivity index (χ0n) is 22.3. The first-order valence-corrected chi connectivity index (χ1v) is 13.0. The van der Waals surface area contributed by atoms with Crippen LogP contribution in [0, 0.1) is 11.3 Å². The topological polar surface area (TPSA) is 87.4 Å². The van der Waals surface area contributed by atoms with E-state index in [-0.39, 0.29) is 11.5 Å². The first-order chi connectivity index (χ1) is 16.2. The fraction of sp³-hybridized carbons (Fsp3) is 0.690. The van der Waals surface area contributed by atoms with Gasteiger partial charge in [-0.3, -0.25) is 0 Å². The Balaban J connectivity index is -0.000000799. The molecule has 0 aromatic rings. The quantitative estimate of drug-likeness (QED) is 0.0869. The highest BCUT2D eigenvalue weighted by Gasteiger charge is 2.01. The van der Waals surface area contributed by atoms with Crippen molar-refractivity contribution >= 4 is 11.9 Å². The van der Waals surface area contributed by atoms with E-state index in [0.717, 1.165) is 6.42 Å². The number of nitrogens with zero attached hydrogens (tertiary/aromatic N) is 1. The minimum Gasteiger partial charge on any atom is -0.478 e. The van der Waals surface area contributed by atoms with Crippen molar-refractivity contribution in [2.75, 3.05) is 6.61 Å². The molecule has 0 aromatic heterocycles. The molecule has 0 aliphatic rings. The Morgan fingerprint density at radius 2 is 1.06 bits per heavy atom. The third-order valence-electron chi connectivity index (χ3n) is 5.04. The first kappa shape index (κ1) is 36.2. The van der Waals surface area contributed by atoms with Crippen molar-refractivity contribution in [3.63, 3.8) is 0 Å². The second-order valence-electron chi connectivity index (χ2n) is 8.64. The van der Waals surface area contributed by atoms with Crippen LogP contribution in [0.15, 0.2) is 37.0 Å². The Labute approximate surface area is 210 Å². The molecule has 0 heterocycles. The molecular weight excluding hydrogens is 426 g/mol. The number of esters is 1. The van der Waals surface area contributed by atoms with Crippen LogP contribution in [-0.2, 0) is 14.3 Å². The molecule has 0 atom stereocenters. The predicted octanol–water partition coefficient (Wildman–Crippen LogP) is 8.71. The molecule has 0 aliphatic carbocycles. The summed E-state index contributed by atoms with van der Waals surface area (Å²) in [4.78, 5) is 20.8. The maximum atomic E-state index is 11.2. The van der Waals surface area contributed by atoms with Crippen molar-refractivity contribution < 1.29 is 19.4 Å². The fourth-order valence-electron chi connectivity index (χ4n) is 2.94. The van der Waals surface area contributed by atoms with E-state index < -0.39 is 5.97 Å². The zero-order valence-corrected chi connectivity index (χ0v) is 22.3. The van der Waals surface area contributed by atoms with Crippen LogP contribution in [0.4, 0.5) is 0 Å². The third-order valence-corrected chi connectivity index (χ3v) is 5.04. The van der Waals surface area contributed by atoms with Crippen LogP contribution in [0.3, 0.4) is 0 Å². The van der Waals surface area contributed by atoms with E-state index in [1.807, 2.05) is 0 Å². The van der Waals surface area contributed by atoms with Gasteiger partial charge in [-0.05, 0) is 20.3 Å². The van der Waals surface area contributed by atoms with Crippen molar-refractivity contribution in [1.29, 1.82) is 5.26 Å². The molecule has 0 saturated heterocycles. The summed E-state index contributed by atoms with van der Waals surface area (Å²) in [6, 6.07) is 1.69. The molecule has 196 valence electrons. The molecular formula is C29H51NO4. The zero-order chi connectivity index (χ0) is 26.5. The largest absolute Gasteiger partial charge is 0.478 e. The van der Waals surface area contributed by atoms with E-state index in [4.69, 9.17) is 15.1 Å². The normalized spacial score (nSPS) is 9.35. The lowest BCUT2D eigenvalue weighted by atomic mass is 10.0. The molecule has 0 rings (SSSR count). The number of carboxylic acid groups (broad SMARTS) is 1. The van der Waals surface area contributed by atoms with Crippen LogP contribution in [0.2, 0.25) is 0 Å². The van der Waals surface area contributed by atoms with E-state index >= 15 is 0 Å². The lowest BCUT2D eigenvalue weighted by molar-refractivity contribution is -0.139. The average Bonchev–Trinajstić information content (AvgIpc) is 2.81. The summed E-state index contributed by atoms with van der Waals surface area (Å²) in [6.07, 6.45) is 22.9. The van der Waals surface area contributed by atoms with Gasteiger partial charge in [0.2, 0.25) is 0 Å². The predicted molar refractivity (Wildman–Crippen MR) is 144 cm³/mol. The van der Waals surface area contributed by atoms with Gasteiger partial charge < -0.3 is 9.84 Å². The molecule has 0 aromatic carbocycles. The number of carbonyl (C=O) groups is 2. The van der Waals surface area contributed by atoms with Gasteiger partial charge in [-0.25, -0.2) is 9.59 Å². The second kappa shape index (κ2) is 30.6. The summed E-state index contributed by atoms with van der Waals surface area (Å²) in [6.45, 7) is 15.8. The lowest BCUT2D eigenvalue weighted by Crippen LogP contribution is -2.05. The van der Waals surface area contributed by atoms with Gasteiger partial charge in [-0.1, -0.05) is 123 Å². The van der Waals surface area contributed by atoms with Gasteiger partial charge in [0, 0.05) is 17.2 Å². The minimum absolute atomic E-state index is 0.176. The molecule has 34 heavy (non-hydrogen) atoms. The van der Waals surface area contributed by atoms with Gasteiger partial charge in [0.1, 0.15) is 0 Å². The SMILES string of the molecule is C=C(C)C(=O)O.C=C(C)C(=O)OCCCCCCCCCCCCCCCCCC.C=CC#N. The van der Waals surface area contributed by atoms with Crippen LogP contribution in [0.5, 0.6) is 0 Å². The van der Waals surface area contributed by atoms with E-state index in [0.29, 0.717) is 12.2 Å². The number of carboxylic acids is 1. The molecule has 0 bridgehead atoms. The molecule has 0 fully saturated rings. The smallest absolute Gasteiger partial charge is 0.333 e. The number of aliphatic carboxylic acids is 1. The van der Waals surface area contributed by atoms with E-state index in [1.165, 1.54) is 109 Å². The van der Waals surface area contributed by atoms with Gasteiger partial charge in [-0.2, -0.15) is 5.26 Å². The van der Waals surface area contributed by atoms with E-state index in [9.17, 15) is 9.59 Å². The van der Waals surface area contributed by atoms with E-state index in [1.54, 1.807) is 13.0 Å². The highest BCUT2D eigenvalue weighted by Crippen LogP contribution is 2.13. The Morgan fingerprint density at radius 1 is 0.765 bits per heavy atom. The maximum absolute atomic E-state index is 11.2. The fourth-order valence-corrected chi connectivity index (χ4v) is 2.94. The number of allylic oxidation sites excluding steroid dienone is 1. The number of nitriles is 1. The van der Waals surface area contributed by atoms with Crippen LogP contribution in [0.1, 0.15) is 124 Å². The third kappa shape index (κ3) is 37.0. The highest BCUT2D eigenvalue weighted by atomic mass is 16.5. The first-order valence-electron chi connectivity index (χ1n) is 13.0. The summed E-state index contributed by atoms with van der Waals surface area (Å²) in [5, 5.41) is 15.4. The Bertz CT molecular complexity index is 563. The Kier molecular flexibility index (Phi) is 32.7. The molecule has 5 heteroatoms. The van der Waals surface area contributed by atoms with Crippen LogP contribution in [-0.4, -0.2) is 23.7 Å². The Hall–Kier alpha value is -2.35. The summed E-state index contributed by atoms with van der Waals surface area (Å²) in [5.41, 5.74) is 0.668. The lowest BCUT2D eigenvalue weighted by Gasteiger charge is -2.05. The summed E-state index contributed by atoms with van der Waals surface area (Å²) in [7, 11) is 0. The number of carbonyl (C=O) groups excluding carboxylic acids is 1. The number of rotatable bonds is 19. The number of ether oxygens (including phenoxy) is 1. The van der Waals surface area contributed by atoms with Gasteiger partial charge in [0.05, 0.1) is 12.7 Å². The van der Waals surface area contributed by atoms with Gasteiger partial charge in [0.25, 0.3) is 0 Å². The molecule has 0 amide bonds. The molecule has 5 nitrogen and oxygen atoms in total. The summed E-state index contributed by atoms with van der Waals surface area (Å²) < 4.78 is 5.08. The van der Waals surface area contributed by atoms with Crippen molar-refractivity contribution in [2.45, 2.75) is 124 Å². The minimum atomic E-state index is -0.935. The van der Waals surface area contributed by atoms with Crippen molar-refractivity contribution in [3.8, 4) is 6.07 Å². The van der Waals surface area contributed by atoms with Gasteiger partial charge >= 0.3 is 11.9 Å². The Morgan fingerprint density at radius 3 is 1.29 bits per heavy atom. The van der Waals surface area contributed by atoms with Crippen LogP contribution >= 0.6 is 0 Å². The molecule has 0 saturated carbocycles. The van der Waals surface area contributed by atoms with Crippen LogP contribution < -0.4 is 0 Å². The van der Waals surface area contributed by atoms with Gasteiger partial charge in [0.15, 0.2) is 0 Å². The van der Waals surface area contributed by atoms with Crippen molar-refractivity contribution in [3.05, 3.63) is 37.0 Å². The summed E-state index contributed by atoms with van der Waals surface area (Å²) in [5.74, 6) is -1.19. The van der Waals surface area contributed by atoms with Gasteiger partial charge in [-0.15, -0.1) is 0 Å². The molecule has 0 spiro atoms. The monoisotopic (exact) mass is 477 g/mol. The van der Waals surface area contributed by atoms with Crippen molar-refractivity contribution in [1.82, 2.24) is 0 Å². The molecule has 0 radical (unpaired) electrons. The molecule has 0 aliphatic heterocycles. The average molecular weight is 478 g/mol. The number of unbranched alkanes of at least 4 members (excludes halogenated alkanes) is 15. The number of hydrogen-bond donors (Lipinski definition) is 1. The standard InChI is InChI=1S/C22H42O2.C4H6O2.C3H3N/c1-4-5-6-7-8-9-10-11-12-13-14-15-16-17-18-19-20-24-22(23)21(2)3;1-3(2)4(5)6;1-2-3-4/h2,4-20H2,1,3H3;1H2,2H3,(H,5,6);2H,1H2. The molecule has 0 unspecified atom stereocenters. The number of hydrogen-bond acceptors (Lipinski definition) is 4.